The van der Waals surface area contributed by atoms with Crippen LogP contribution >= 0.6 is 17.0 Å². The van der Waals surface area contributed by atoms with Crippen LogP contribution in [-0.2, 0) is 27.3 Å². The number of halogens is 2. The van der Waals surface area contributed by atoms with Gasteiger partial charge in [0.15, 0.2) is 0 Å². The Balaban J connectivity index is 0.000000202. The molecule has 5 aromatic rings. The molecule has 0 aliphatic rings. The Labute approximate surface area is 213 Å². The molecule has 0 saturated heterocycles. The minimum absolute atomic E-state index is 0.826. The summed E-state index contributed by atoms with van der Waals surface area (Å²) in [5.41, 5.74) is 4.05. The van der Waals surface area contributed by atoms with Gasteiger partial charge in [0, 0.05) is 9.52 Å². The first-order chi connectivity index (χ1) is 15.7. The van der Waals surface area contributed by atoms with Gasteiger partial charge in [0.1, 0.15) is 0 Å². The van der Waals surface area contributed by atoms with Crippen LogP contribution in [0.4, 0.5) is 0 Å². The molecule has 0 saturated carbocycles. The molecular formula is C28H28Cl2SiZr. The number of aryl methyl sites for hydroxylation is 1. The second kappa shape index (κ2) is 15.4. The maximum Gasteiger partial charge on any atom is -0.0809 e. The molecule has 0 unspecified atom stereocenters. The molecule has 0 fully saturated rings. The molecule has 0 bridgehead atoms. The van der Waals surface area contributed by atoms with Crippen molar-refractivity contribution in [1.29, 1.82) is 0 Å². The third-order valence-electron chi connectivity index (χ3n) is 4.85. The molecule has 0 aliphatic carbocycles. The molecule has 0 spiro atoms. The van der Waals surface area contributed by atoms with Gasteiger partial charge in [0.25, 0.3) is 0 Å². The number of rotatable bonds is 2. The van der Waals surface area contributed by atoms with Crippen molar-refractivity contribution in [1.82, 2.24) is 0 Å². The van der Waals surface area contributed by atoms with Crippen LogP contribution in [0.3, 0.4) is 0 Å². The number of benzene rings is 3. The van der Waals surface area contributed by atoms with Crippen LogP contribution in [0.1, 0.15) is 12.5 Å². The fraction of sp³-hybridized carbons (Fsp3) is 0.143. The van der Waals surface area contributed by atoms with E-state index < -0.39 is 20.8 Å². The smallest absolute Gasteiger partial charge is 0.0809 e. The van der Waals surface area contributed by atoms with E-state index in [-0.39, 0.29) is 0 Å². The van der Waals surface area contributed by atoms with E-state index in [2.05, 4.69) is 123 Å². The van der Waals surface area contributed by atoms with E-state index in [0.29, 0.717) is 0 Å². The van der Waals surface area contributed by atoms with Gasteiger partial charge in [-0.25, -0.2) is 0 Å². The Morgan fingerprint density at radius 2 is 1.44 bits per heavy atom. The zero-order valence-corrected chi connectivity index (χ0v) is 23.7. The standard InChI is InChI=1S/C17H15.C9H7.C2H6Si.2ClH.Zr/c1-2-13-11-15-9-6-10-16(17(15)12-13)14-7-4-3-5-8-14;1-2-5-9-7-3-6-8(9)4-1;1-3-2;;;/h3-12H,2H2,1H3;1-7H;1-2H3;2*1H;/q2*-1;;;;+4/p-2. The molecule has 0 heterocycles. The van der Waals surface area contributed by atoms with Crippen LogP contribution in [0, 0.1) is 0 Å². The van der Waals surface area contributed by atoms with Crippen LogP contribution in [-0.4, -0.2) is 9.52 Å². The number of hydrogen-bond acceptors (Lipinski definition) is 0. The predicted molar refractivity (Wildman–Crippen MR) is 143 cm³/mol. The second-order valence-electron chi connectivity index (χ2n) is 7.12. The molecule has 5 rings (SSSR count). The third-order valence-corrected chi connectivity index (χ3v) is 4.85. The van der Waals surface area contributed by atoms with Crippen LogP contribution in [0.2, 0.25) is 13.1 Å². The Hall–Kier alpha value is -1.44. The van der Waals surface area contributed by atoms with E-state index in [1.54, 1.807) is 0 Å². The summed E-state index contributed by atoms with van der Waals surface area (Å²) < 4.78 is 0. The fourth-order valence-corrected chi connectivity index (χ4v) is 3.44. The maximum atomic E-state index is 4.93. The summed E-state index contributed by atoms with van der Waals surface area (Å²) in [7, 11) is 11.0. The van der Waals surface area contributed by atoms with Gasteiger partial charge in [-0.1, -0.05) is 68.0 Å². The molecule has 0 aliphatic heterocycles. The van der Waals surface area contributed by atoms with E-state index in [9.17, 15) is 0 Å². The number of fused-ring (bicyclic) bond motifs is 2. The first-order valence-corrected chi connectivity index (χ1v) is 18.9. The number of hydrogen-bond donors (Lipinski definition) is 0. The summed E-state index contributed by atoms with van der Waals surface area (Å²) in [6, 6.07) is 36.4. The Morgan fingerprint density at radius 3 is 2.09 bits per heavy atom. The van der Waals surface area contributed by atoms with Gasteiger partial charge >= 0.3 is 37.9 Å². The zero-order valence-electron chi connectivity index (χ0n) is 18.8. The van der Waals surface area contributed by atoms with E-state index >= 15 is 0 Å². The monoisotopic (exact) mass is 552 g/mol. The van der Waals surface area contributed by atoms with Gasteiger partial charge in [-0.15, -0.1) is 64.2 Å². The summed E-state index contributed by atoms with van der Waals surface area (Å²) in [4.78, 5) is 0. The second-order valence-corrected chi connectivity index (χ2v) is 11.8. The zero-order chi connectivity index (χ0) is 23.2. The molecule has 2 radical (unpaired) electrons. The van der Waals surface area contributed by atoms with E-state index in [0.717, 1.165) is 15.9 Å². The SMILES string of the molecule is CCc1cc2c(-c3ccccc3)cccc2[cH-]1.C[Si]C.[Cl][Zr+2][Cl].c1ccc2[cH-]ccc2c1. The quantitative estimate of drug-likeness (QED) is 0.151. The Bertz CT molecular complexity index is 1130. The van der Waals surface area contributed by atoms with Crippen LogP contribution < -0.4 is 0 Å². The van der Waals surface area contributed by atoms with Crippen molar-refractivity contribution in [2.24, 2.45) is 0 Å². The average Bonchev–Trinajstić information content (AvgIpc) is 3.48. The van der Waals surface area contributed by atoms with Crippen molar-refractivity contribution in [3.8, 4) is 11.1 Å². The summed E-state index contributed by atoms with van der Waals surface area (Å²) in [5.74, 6) is 0. The molecule has 0 aromatic heterocycles. The minimum Gasteiger partial charge on any atom is -0.168 e. The largest absolute Gasteiger partial charge is 0.168 e. The summed E-state index contributed by atoms with van der Waals surface area (Å²) in [5, 5.41) is 5.38. The molecule has 162 valence electrons. The molecule has 4 heteroatoms. The van der Waals surface area contributed by atoms with Gasteiger partial charge in [0.2, 0.25) is 0 Å². The molecular weight excluding hydrogens is 527 g/mol. The van der Waals surface area contributed by atoms with Gasteiger partial charge < -0.3 is 0 Å². The fourth-order valence-electron chi connectivity index (χ4n) is 3.44. The van der Waals surface area contributed by atoms with Crippen molar-refractivity contribution >= 4 is 48.1 Å². The van der Waals surface area contributed by atoms with Gasteiger partial charge in [-0.05, 0) is 12.0 Å². The molecule has 0 amide bonds. The predicted octanol–water partition coefficient (Wildman–Crippen LogP) is 9.51. The Morgan fingerprint density at radius 1 is 0.812 bits per heavy atom. The van der Waals surface area contributed by atoms with Crippen molar-refractivity contribution in [3.63, 3.8) is 0 Å². The average molecular weight is 555 g/mol. The van der Waals surface area contributed by atoms with Crippen molar-refractivity contribution in [3.05, 3.63) is 109 Å². The third kappa shape index (κ3) is 8.16. The topological polar surface area (TPSA) is 0 Å². The minimum atomic E-state index is -0.826. The van der Waals surface area contributed by atoms with Gasteiger partial charge in [0.05, 0.1) is 0 Å². The van der Waals surface area contributed by atoms with Crippen LogP contribution in [0.15, 0.2) is 103 Å². The summed E-state index contributed by atoms with van der Waals surface area (Å²) in [6.07, 6.45) is 1.10. The van der Waals surface area contributed by atoms with Gasteiger partial charge in [-0.2, -0.15) is 23.6 Å². The molecule has 32 heavy (non-hydrogen) atoms. The van der Waals surface area contributed by atoms with Crippen LogP contribution in [0.5, 0.6) is 0 Å². The first-order valence-electron chi connectivity index (χ1n) is 10.6. The first kappa shape index (κ1) is 26.8. The van der Waals surface area contributed by atoms with E-state index in [1.807, 2.05) is 0 Å². The van der Waals surface area contributed by atoms with Crippen molar-refractivity contribution in [2.75, 3.05) is 0 Å². The molecule has 0 atom stereocenters. The maximum absolute atomic E-state index is 4.93. The van der Waals surface area contributed by atoms with Crippen molar-refractivity contribution in [2.45, 2.75) is 26.4 Å². The van der Waals surface area contributed by atoms with E-state index in [4.69, 9.17) is 17.0 Å². The summed E-state index contributed by atoms with van der Waals surface area (Å²) >= 11 is -0.826. The molecule has 5 aromatic carbocycles. The molecule has 0 nitrogen and oxygen atoms in total. The van der Waals surface area contributed by atoms with Crippen LogP contribution in [0.25, 0.3) is 32.7 Å². The summed E-state index contributed by atoms with van der Waals surface area (Å²) in [6.45, 7) is 6.51. The van der Waals surface area contributed by atoms with Crippen molar-refractivity contribution < 1.29 is 20.8 Å². The normalized spacial score (nSPS) is 9.53. The Kier molecular flexibility index (Phi) is 12.9. The van der Waals surface area contributed by atoms with E-state index in [1.165, 1.54) is 38.2 Å². The van der Waals surface area contributed by atoms with Gasteiger partial charge in [-0.3, -0.25) is 0 Å². The molecule has 0 N–H and O–H groups in total.